The number of hydrogen-bond donors (Lipinski definition) is 1. The highest BCUT2D eigenvalue weighted by Crippen LogP contribution is 2.20. The minimum atomic E-state index is -0.592. The summed E-state index contributed by atoms with van der Waals surface area (Å²) in [6.07, 6.45) is -0.0315. The molecule has 0 bridgehead atoms. The summed E-state index contributed by atoms with van der Waals surface area (Å²) in [5.41, 5.74) is 1.78. The highest BCUT2D eigenvalue weighted by atomic mass is 79.9. The fourth-order valence-electron chi connectivity index (χ4n) is 2.90. The summed E-state index contributed by atoms with van der Waals surface area (Å²) >= 11 is 3.36. The lowest BCUT2D eigenvalue weighted by Gasteiger charge is -2.18. The summed E-state index contributed by atoms with van der Waals surface area (Å²) in [5, 5.41) is 7.09. The van der Waals surface area contributed by atoms with E-state index in [1.165, 1.54) is 13.2 Å². The van der Waals surface area contributed by atoms with Crippen LogP contribution in [0.3, 0.4) is 0 Å². The highest BCUT2D eigenvalue weighted by Gasteiger charge is 2.20. The van der Waals surface area contributed by atoms with Gasteiger partial charge in [-0.05, 0) is 23.8 Å². The molecule has 3 aromatic rings. The normalized spacial score (nSPS) is 11.5. The van der Waals surface area contributed by atoms with E-state index >= 15 is 0 Å². The van der Waals surface area contributed by atoms with Crippen LogP contribution in [0.4, 0.5) is 0 Å². The van der Waals surface area contributed by atoms with E-state index in [-0.39, 0.29) is 13.0 Å². The maximum Gasteiger partial charge on any atom is 0.307 e. The van der Waals surface area contributed by atoms with Crippen molar-refractivity contribution in [2.45, 2.75) is 19.0 Å². The van der Waals surface area contributed by atoms with E-state index in [1.54, 1.807) is 18.2 Å². The minimum Gasteiger partial charge on any atom is -0.469 e. The van der Waals surface area contributed by atoms with Crippen molar-refractivity contribution in [3.8, 4) is 11.3 Å². The lowest BCUT2D eigenvalue weighted by Crippen LogP contribution is -2.36. The van der Waals surface area contributed by atoms with E-state index in [0.29, 0.717) is 5.69 Å². The molecular formula is C22H20BrN3O4. The second-order valence-corrected chi connectivity index (χ2v) is 7.45. The van der Waals surface area contributed by atoms with Gasteiger partial charge in [-0.25, -0.2) is 4.68 Å². The Kier molecular flexibility index (Phi) is 7.13. The Labute approximate surface area is 181 Å². The van der Waals surface area contributed by atoms with Crippen LogP contribution in [0.2, 0.25) is 0 Å². The maximum absolute atomic E-state index is 12.7. The van der Waals surface area contributed by atoms with Gasteiger partial charge in [-0.1, -0.05) is 58.4 Å². The zero-order chi connectivity index (χ0) is 21.5. The number of halogens is 1. The third-order valence-electron chi connectivity index (χ3n) is 4.44. The first-order chi connectivity index (χ1) is 14.5. The standard InChI is InChI=1S/C22H20BrN3O4/c1-30-22(29)13-19(16-7-9-17(23)10-8-16)24-20(27)14-26-21(28)12-11-18(25-26)15-5-3-2-4-6-15/h2-12,19H,13-14H2,1H3,(H,24,27). The fourth-order valence-corrected chi connectivity index (χ4v) is 3.16. The fraction of sp³-hybridized carbons (Fsp3) is 0.182. The Morgan fingerprint density at radius 1 is 1.07 bits per heavy atom. The van der Waals surface area contributed by atoms with Gasteiger partial charge in [-0.15, -0.1) is 0 Å². The number of carbonyl (C=O) groups is 2. The number of methoxy groups -OCH3 is 1. The summed E-state index contributed by atoms with van der Waals surface area (Å²) < 4.78 is 6.73. The van der Waals surface area contributed by atoms with Gasteiger partial charge in [0.2, 0.25) is 5.91 Å². The Bertz CT molecular complexity index is 1080. The highest BCUT2D eigenvalue weighted by molar-refractivity contribution is 9.10. The van der Waals surface area contributed by atoms with Crippen LogP contribution in [-0.4, -0.2) is 28.8 Å². The summed E-state index contributed by atoms with van der Waals surface area (Å²) in [4.78, 5) is 36.7. The van der Waals surface area contributed by atoms with Gasteiger partial charge in [0.05, 0.1) is 25.3 Å². The molecule has 0 radical (unpaired) electrons. The monoisotopic (exact) mass is 469 g/mol. The van der Waals surface area contributed by atoms with Gasteiger partial charge in [0.25, 0.3) is 5.56 Å². The average molecular weight is 470 g/mol. The van der Waals surface area contributed by atoms with Gasteiger partial charge in [-0.2, -0.15) is 5.10 Å². The molecule has 0 aliphatic rings. The Morgan fingerprint density at radius 3 is 2.43 bits per heavy atom. The van der Waals surface area contributed by atoms with Crippen LogP contribution < -0.4 is 10.9 Å². The van der Waals surface area contributed by atoms with Crippen molar-refractivity contribution < 1.29 is 14.3 Å². The first-order valence-corrected chi connectivity index (χ1v) is 10.0. The molecule has 30 heavy (non-hydrogen) atoms. The van der Waals surface area contributed by atoms with E-state index in [9.17, 15) is 14.4 Å². The van der Waals surface area contributed by atoms with E-state index in [4.69, 9.17) is 4.74 Å². The summed E-state index contributed by atoms with van der Waals surface area (Å²) in [6.45, 7) is -0.270. The number of ether oxygens (including phenoxy) is 1. The molecule has 2 aromatic carbocycles. The molecule has 0 saturated carbocycles. The molecule has 1 heterocycles. The molecule has 1 N–H and O–H groups in total. The van der Waals surface area contributed by atoms with Crippen LogP contribution in [0.15, 0.2) is 76.0 Å². The van der Waals surface area contributed by atoms with Crippen LogP contribution in [0.5, 0.6) is 0 Å². The number of benzene rings is 2. The molecule has 0 aliphatic heterocycles. The van der Waals surface area contributed by atoms with Crippen LogP contribution in [0.1, 0.15) is 18.0 Å². The molecule has 0 aliphatic carbocycles. The van der Waals surface area contributed by atoms with Crippen molar-refractivity contribution in [3.63, 3.8) is 0 Å². The van der Waals surface area contributed by atoms with Crippen LogP contribution >= 0.6 is 15.9 Å². The largest absolute Gasteiger partial charge is 0.469 e. The maximum atomic E-state index is 12.7. The van der Waals surface area contributed by atoms with Crippen molar-refractivity contribution >= 4 is 27.8 Å². The molecule has 1 aromatic heterocycles. The molecule has 7 nitrogen and oxygen atoms in total. The molecule has 154 valence electrons. The Hall–Kier alpha value is -3.26. The number of hydrogen-bond acceptors (Lipinski definition) is 5. The second kappa shape index (κ2) is 9.98. The molecule has 3 rings (SSSR count). The summed E-state index contributed by atoms with van der Waals surface area (Å²) in [7, 11) is 1.29. The Balaban J connectivity index is 1.79. The molecule has 1 amide bonds. The van der Waals surface area contributed by atoms with Gasteiger partial charge in [0.1, 0.15) is 6.54 Å². The number of esters is 1. The van der Waals surface area contributed by atoms with Gasteiger partial charge in [0, 0.05) is 16.1 Å². The van der Waals surface area contributed by atoms with Gasteiger partial charge >= 0.3 is 5.97 Å². The summed E-state index contributed by atoms with van der Waals surface area (Å²) in [5.74, 6) is -0.892. The number of carbonyl (C=O) groups excluding carboxylic acids is 2. The first kappa shape index (κ1) is 21.4. The quantitative estimate of drug-likeness (QED) is 0.536. The average Bonchev–Trinajstić information content (AvgIpc) is 2.76. The van der Waals surface area contributed by atoms with Crippen molar-refractivity contribution in [1.82, 2.24) is 15.1 Å². The topological polar surface area (TPSA) is 90.3 Å². The van der Waals surface area contributed by atoms with Crippen molar-refractivity contribution in [3.05, 3.63) is 87.1 Å². The lowest BCUT2D eigenvalue weighted by atomic mass is 10.0. The number of nitrogens with zero attached hydrogens (tertiary/aromatic N) is 2. The predicted octanol–water partition coefficient (Wildman–Crippen LogP) is 3.09. The predicted molar refractivity (Wildman–Crippen MR) is 116 cm³/mol. The lowest BCUT2D eigenvalue weighted by molar-refractivity contribution is -0.141. The van der Waals surface area contributed by atoms with Crippen molar-refractivity contribution in [2.24, 2.45) is 0 Å². The van der Waals surface area contributed by atoms with Crippen LogP contribution in [0, 0.1) is 0 Å². The van der Waals surface area contributed by atoms with E-state index in [1.807, 2.05) is 42.5 Å². The van der Waals surface area contributed by atoms with Crippen LogP contribution in [-0.2, 0) is 20.9 Å². The zero-order valence-electron chi connectivity index (χ0n) is 16.2. The third kappa shape index (κ3) is 5.64. The SMILES string of the molecule is COC(=O)CC(NC(=O)Cn1nc(-c2ccccc2)ccc1=O)c1ccc(Br)cc1. The van der Waals surface area contributed by atoms with Gasteiger partial charge in [-0.3, -0.25) is 14.4 Å². The molecule has 0 spiro atoms. The zero-order valence-corrected chi connectivity index (χ0v) is 17.8. The molecule has 1 unspecified atom stereocenters. The van der Waals surface area contributed by atoms with Crippen molar-refractivity contribution in [2.75, 3.05) is 7.11 Å². The van der Waals surface area contributed by atoms with Gasteiger partial charge < -0.3 is 10.1 Å². The molecular weight excluding hydrogens is 450 g/mol. The van der Waals surface area contributed by atoms with E-state index in [2.05, 4.69) is 26.3 Å². The third-order valence-corrected chi connectivity index (χ3v) is 4.96. The molecule has 1 atom stereocenters. The first-order valence-electron chi connectivity index (χ1n) is 9.21. The number of amides is 1. The molecule has 0 saturated heterocycles. The van der Waals surface area contributed by atoms with E-state index < -0.39 is 23.5 Å². The second-order valence-electron chi connectivity index (χ2n) is 6.53. The van der Waals surface area contributed by atoms with Crippen LogP contribution in [0.25, 0.3) is 11.3 Å². The van der Waals surface area contributed by atoms with E-state index in [0.717, 1.165) is 20.3 Å². The van der Waals surface area contributed by atoms with Gasteiger partial charge in [0.15, 0.2) is 0 Å². The minimum absolute atomic E-state index is 0.0315. The van der Waals surface area contributed by atoms with Crippen molar-refractivity contribution in [1.29, 1.82) is 0 Å². The number of rotatable bonds is 7. The summed E-state index contributed by atoms with van der Waals surface area (Å²) in [6, 6.07) is 19.0. The smallest absolute Gasteiger partial charge is 0.307 e. The number of nitrogens with one attached hydrogen (secondary N) is 1. The molecule has 0 fully saturated rings. The Morgan fingerprint density at radius 2 is 1.77 bits per heavy atom. The number of aromatic nitrogens is 2. The molecule has 8 heteroatoms.